The highest BCUT2D eigenvalue weighted by Crippen LogP contribution is 2.38. The molecule has 0 fully saturated rings. The van der Waals surface area contributed by atoms with Gasteiger partial charge in [0.25, 0.3) is 5.90 Å². The number of ether oxygens (including phenoxy) is 3. The summed E-state index contributed by atoms with van der Waals surface area (Å²) in [6.45, 7) is 3.49. The van der Waals surface area contributed by atoms with Crippen molar-refractivity contribution in [1.29, 1.82) is 0 Å². The van der Waals surface area contributed by atoms with Crippen LogP contribution in [0.1, 0.15) is 25.2 Å². The van der Waals surface area contributed by atoms with E-state index in [0.29, 0.717) is 28.2 Å². The van der Waals surface area contributed by atoms with Crippen molar-refractivity contribution in [3.63, 3.8) is 0 Å². The first-order chi connectivity index (χ1) is 12.5. The van der Waals surface area contributed by atoms with Crippen LogP contribution in [0.25, 0.3) is 6.08 Å². The maximum atomic E-state index is 12.0. The minimum absolute atomic E-state index is 0.104. The maximum absolute atomic E-state index is 12.0. The molecule has 0 bridgehead atoms. The number of nitrogens with zero attached hydrogens (tertiary/aromatic N) is 1. The first-order valence-corrected chi connectivity index (χ1v) is 8.48. The molecule has 0 N–H and O–H groups in total. The van der Waals surface area contributed by atoms with Gasteiger partial charge in [-0.1, -0.05) is 0 Å². The van der Waals surface area contributed by atoms with E-state index < -0.39 is 11.9 Å². The molecule has 26 heavy (non-hydrogen) atoms. The second-order valence-corrected chi connectivity index (χ2v) is 6.02. The molecule has 0 saturated heterocycles. The normalized spacial score (nSPS) is 15.0. The molecule has 0 amide bonds. The average molecular weight is 420 g/mol. The van der Waals surface area contributed by atoms with Crippen LogP contribution in [0.5, 0.6) is 11.5 Å². The molecule has 0 saturated carbocycles. The lowest BCUT2D eigenvalue weighted by Gasteiger charge is -2.12. The van der Waals surface area contributed by atoms with Gasteiger partial charge < -0.3 is 18.6 Å². The number of hydrogen-bond donors (Lipinski definition) is 0. The fraction of sp³-hybridized carbons (Fsp3) is 0.167. The van der Waals surface area contributed by atoms with Crippen LogP contribution in [0.2, 0.25) is 0 Å². The second-order valence-electron chi connectivity index (χ2n) is 5.17. The van der Waals surface area contributed by atoms with Crippen molar-refractivity contribution in [3.05, 3.63) is 52.0 Å². The number of furan rings is 1. The number of carbonyl (C=O) groups is 2. The molecule has 1 aliphatic rings. The summed E-state index contributed by atoms with van der Waals surface area (Å²) in [7, 11) is 0. The molecule has 134 valence electrons. The SMILES string of the molecule is CCOc1cc(/C=C2/N=C(c3ccco3)OC2=O)cc(Br)c1OC(C)=O. The number of hydrogen-bond acceptors (Lipinski definition) is 7. The van der Waals surface area contributed by atoms with E-state index in [4.69, 9.17) is 18.6 Å². The number of aliphatic imine (C=N–C) groups is 1. The number of carbonyl (C=O) groups excluding carboxylic acids is 2. The van der Waals surface area contributed by atoms with Crippen molar-refractivity contribution in [2.75, 3.05) is 6.61 Å². The Morgan fingerprint density at radius 2 is 2.19 bits per heavy atom. The fourth-order valence-electron chi connectivity index (χ4n) is 2.25. The van der Waals surface area contributed by atoms with E-state index in [1.807, 2.05) is 6.92 Å². The van der Waals surface area contributed by atoms with Gasteiger partial charge >= 0.3 is 11.9 Å². The Morgan fingerprint density at radius 1 is 1.38 bits per heavy atom. The molecule has 3 rings (SSSR count). The molecular weight excluding hydrogens is 406 g/mol. The molecular formula is C18H14BrNO6. The first-order valence-electron chi connectivity index (χ1n) is 7.69. The summed E-state index contributed by atoms with van der Waals surface area (Å²) in [5, 5.41) is 0. The highest BCUT2D eigenvalue weighted by atomic mass is 79.9. The Bertz CT molecular complexity index is 914. The zero-order valence-electron chi connectivity index (χ0n) is 13.9. The van der Waals surface area contributed by atoms with Crippen molar-refractivity contribution < 1.29 is 28.2 Å². The van der Waals surface area contributed by atoms with Crippen molar-refractivity contribution in [1.82, 2.24) is 0 Å². The lowest BCUT2D eigenvalue weighted by Crippen LogP contribution is -2.05. The third-order valence-corrected chi connectivity index (χ3v) is 3.82. The van der Waals surface area contributed by atoms with Gasteiger partial charge in [-0.2, -0.15) is 0 Å². The monoisotopic (exact) mass is 419 g/mol. The summed E-state index contributed by atoms with van der Waals surface area (Å²) in [6, 6.07) is 6.65. The number of cyclic esters (lactones) is 1. The number of halogens is 1. The van der Waals surface area contributed by atoms with Crippen molar-refractivity contribution in [2.24, 2.45) is 4.99 Å². The van der Waals surface area contributed by atoms with Gasteiger partial charge in [-0.3, -0.25) is 4.79 Å². The predicted molar refractivity (Wildman–Crippen MR) is 95.9 cm³/mol. The summed E-state index contributed by atoms with van der Waals surface area (Å²) in [4.78, 5) is 27.5. The fourth-order valence-corrected chi connectivity index (χ4v) is 2.79. The molecule has 2 heterocycles. The first kappa shape index (κ1) is 17.9. The van der Waals surface area contributed by atoms with Crippen LogP contribution in [0, 0.1) is 0 Å². The van der Waals surface area contributed by atoms with Crippen LogP contribution < -0.4 is 9.47 Å². The van der Waals surface area contributed by atoms with Crippen LogP contribution >= 0.6 is 15.9 Å². The van der Waals surface area contributed by atoms with Gasteiger partial charge in [-0.05, 0) is 58.8 Å². The van der Waals surface area contributed by atoms with E-state index in [9.17, 15) is 9.59 Å². The predicted octanol–water partition coefficient (Wildman–Crippen LogP) is 3.71. The Morgan fingerprint density at radius 3 is 2.85 bits per heavy atom. The molecule has 1 aromatic heterocycles. The van der Waals surface area contributed by atoms with Crippen LogP contribution in [0.4, 0.5) is 0 Å². The Hall–Kier alpha value is -2.87. The minimum atomic E-state index is -0.588. The molecule has 1 aliphatic heterocycles. The number of rotatable bonds is 5. The van der Waals surface area contributed by atoms with Gasteiger partial charge in [-0.25, -0.2) is 9.79 Å². The minimum Gasteiger partial charge on any atom is -0.490 e. The van der Waals surface area contributed by atoms with Crippen LogP contribution in [-0.2, 0) is 14.3 Å². The van der Waals surface area contributed by atoms with E-state index >= 15 is 0 Å². The van der Waals surface area contributed by atoms with Gasteiger partial charge in [-0.15, -0.1) is 0 Å². The Kier molecular flexibility index (Phi) is 5.22. The van der Waals surface area contributed by atoms with E-state index in [-0.39, 0.29) is 17.3 Å². The van der Waals surface area contributed by atoms with Gasteiger partial charge in [0.2, 0.25) is 0 Å². The van der Waals surface area contributed by atoms with Gasteiger partial charge in [0.15, 0.2) is 23.0 Å². The zero-order chi connectivity index (χ0) is 18.7. The molecule has 0 atom stereocenters. The Balaban J connectivity index is 1.97. The summed E-state index contributed by atoms with van der Waals surface area (Å²) in [5.74, 6) is 0.0511. The third kappa shape index (κ3) is 3.85. The van der Waals surface area contributed by atoms with Crippen LogP contribution in [-0.4, -0.2) is 24.4 Å². The molecule has 1 aromatic carbocycles. The summed E-state index contributed by atoms with van der Waals surface area (Å²) < 4.78 is 21.5. The van der Waals surface area contributed by atoms with Crippen LogP contribution in [0.15, 0.2) is 50.1 Å². The highest BCUT2D eigenvalue weighted by molar-refractivity contribution is 9.10. The summed E-state index contributed by atoms with van der Waals surface area (Å²) in [6.07, 6.45) is 3.01. The largest absolute Gasteiger partial charge is 0.490 e. The molecule has 0 unspecified atom stereocenters. The topological polar surface area (TPSA) is 87.3 Å². The van der Waals surface area contributed by atoms with Gasteiger partial charge in [0, 0.05) is 6.92 Å². The average Bonchev–Trinajstić information content (AvgIpc) is 3.21. The Labute approximate surface area is 157 Å². The smallest absolute Gasteiger partial charge is 0.363 e. The molecule has 0 spiro atoms. The zero-order valence-corrected chi connectivity index (χ0v) is 15.5. The molecule has 7 nitrogen and oxygen atoms in total. The lowest BCUT2D eigenvalue weighted by molar-refractivity contribution is -0.132. The van der Waals surface area contributed by atoms with Gasteiger partial charge in [0.05, 0.1) is 17.3 Å². The van der Waals surface area contributed by atoms with Crippen LogP contribution in [0.3, 0.4) is 0 Å². The molecule has 0 aliphatic carbocycles. The summed E-state index contributed by atoms with van der Waals surface area (Å²) in [5.41, 5.74) is 0.735. The number of benzene rings is 1. The lowest BCUT2D eigenvalue weighted by atomic mass is 10.1. The van der Waals surface area contributed by atoms with E-state index in [1.54, 1.807) is 30.3 Å². The maximum Gasteiger partial charge on any atom is 0.363 e. The third-order valence-electron chi connectivity index (χ3n) is 3.23. The summed E-state index contributed by atoms with van der Waals surface area (Å²) >= 11 is 3.35. The molecule has 0 radical (unpaired) electrons. The standard InChI is InChI=1S/C18H14BrNO6/c1-3-23-15-9-11(7-12(19)16(15)25-10(2)21)8-13-18(22)26-17(20-13)14-5-4-6-24-14/h4-9H,3H2,1-2H3/b13-8+. The second kappa shape index (κ2) is 7.57. The molecule has 2 aromatic rings. The quantitative estimate of drug-likeness (QED) is 0.417. The van der Waals surface area contributed by atoms with E-state index in [2.05, 4.69) is 20.9 Å². The van der Waals surface area contributed by atoms with Crippen molar-refractivity contribution >= 4 is 39.8 Å². The molecule has 8 heteroatoms. The van der Waals surface area contributed by atoms with E-state index in [0.717, 1.165) is 0 Å². The van der Waals surface area contributed by atoms with Crippen molar-refractivity contribution in [2.45, 2.75) is 13.8 Å². The van der Waals surface area contributed by atoms with E-state index in [1.165, 1.54) is 13.2 Å². The van der Waals surface area contributed by atoms with Crippen molar-refractivity contribution in [3.8, 4) is 11.5 Å². The van der Waals surface area contributed by atoms with Gasteiger partial charge in [0.1, 0.15) is 0 Å². The highest BCUT2D eigenvalue weighted by Gasteiger charge is 2.26. The number of esters is 2.